The molecule has 0 spiro atoms. The van der Waals surface area contributed by atoms with Crippen molar-refractivity contribution in [2.75, 3.05) is 13.1 Å². The summed E-state index contributed by atoms with van der Waals surface area (Å²) in [5.74, 6) is -1.33. The number of ether oxygens (including phenoxy) is 1. The summed E-state index contributed by atoms with van der Waals surface area (Å²) >= 11 is 0. The summed E-state index contributed by atoms with van der Waals surface area (Å²) in [6.45, 7) is 1.25. The van der Waals surface area contributed by atoms with Gasteiger partial charge in [-0.2, -0.15) is 8.78 Å². The predicted octanol–water partition coefficient (Wildman–Crippen LogP) is 2.86. The maximum absolute atomic E-state index is 12.5. The number of carboxylic acids is 1. The molecule has 1 aromatic carbocycles. The summed E-state index contributed by atoms with van der Waals surface area (Å²) < 4.78 is 28.5. The van der Waals surface area contributed by atoms with Crippen LogP contribution in [0.2, 0.25) is 0 Å². The number of halogens is 2. The normalized spacial score (nSPS) is 21.0. The molecule has 0 saturated carbocycles. The van der Waals surface area contributed by atoms with Gasteiger partial charge >= 0.3 is 12.6 Å². The molecule has 1 unspecified atom stereocenters. The Balaban J connectivity index is 2.11. The molecule has 1 aliphatic rings. The lowest BCUT2D eigenvalue weighted by Crippen LogP contribution is -2.40. The van der Waals surface area contributed by atoms with Crippen molar-refractivity contribution in [2.45, 2.75) is 26.9 Å². The van der Waals surface area contributed by atoms with Gasteiger partial charge in [-0.15, -0.1) is 0 Å². The van der Waals surface area contributed by atoms with Gasteiger partial charge in [0.05, 0.1) is 5.41 Å². The summed E-state index contributed by atoms with van der Waals surface area (Å²) in [7, 11) is 0. The number of hydrogen-bond acceptors (Lipinski definition) is 3. The molecule has 1 saturated heterocycles. The summed E-state index contributed by atoms with van der Waals surface area (Å²) in [6, 6.07) is 5.39. The smallest absolute Gasteiger partial charge is 0.387 e. The first-order valence-corrected chi connectivity index (χ1v) is 7.34. The molecule has 1 fully saturated rings. The number of aliphatic carboxylic acids is 1. The Morgan fingerprint density at radius 3 is 2.30 bits per heavy atom. The Labute approximate surface area is 132 Å². The van der Waals surface area contributed by atoms with Crippen molar-refractivity contribution in [2.24, 2.45) is 11.3 Å². The Morgan fingerprint density at radius 1 is 1.26 bits per heavy atom. The Kier molecular flexibility index (Phi) is 4.87. The highest BCUT2D eigenvalue weighted by atomic mass is 19.3. The fraction of sp³-hybridized carbons (Fsp3) is 0.500. The van der Waals surface area contributed by atoms with Crippen LogP contribution in [-0.2, 0) is 4.79 Å². The Morgan fingerprint density at radius 2 is 1.87 bits per heavy atom. The van der Waals surface area contributed by atoms with E-state index in [1.807, 2.05) is 13.8 Å². The topological polar surface area (TPSA) is 66.8 Å². The summed E-state index contributed by atoms with van der Waals surface area (Å²) in [5.41, 5.74) is -0.620. The van der Waals surface area contributed by atoms with Gasteiger partial charge in [0.1, 0.15) is 5.75 Å². The predicted molar refractivity (Wildman–Crippen MR) is 78.5 cm³/mol. The molecular formula is C16H19F2NO4. The molecule has 23 heavy (non-hydrogen) atoms. The van der Waals surface area contributed by atoms with Crippen LogP contribution in [0.3, 0.4) is 0 Å². The zero-order valence-electron chi connectivity index (χ0n) is 13.0. The van der Waals surface area contributed by atoms with Crippen LogP contribution in [-0.4, -0.2) is 41.6 Å². The van der Waals surface area contributed by atoms with E-state index in [0.717, 1.165) is 0 Å². The van der Waals surface area contributed by atoms with Crippen LogP contribution in [0.15, 0.2) is 24.3 Å². The number of carboxylic acid groups (broad SMARTS) is 1. The van der Waals surface area contributed by atoms with Gasteiger partial charge in [0.25, 0.3) is 5.91 Å². The molecule has 1 aliphatic heterocycles. The van der Waals surface area contributed by atoms with E-state index >= 15 is 0 Å². The molecule has 0 bridgehead atoms. The number of nitrogens with zero attached hydrogens (tertiary/aromatic N) is 1. The number of amides is 1. The van der Waals surface area contributed by atoms with Crippen LogP contribution in [0.1, 0.15) is 30.6 Å². The molecular weight excluding hydrogens is 308 g/mol. The van der Waals surface area contributed by atoms with Gasteiger partial charge in [-0.25, -0.2) is 0 Å². The van der Waals surface area contributed by atoms with Crippen LogP contribution in [0, 0.1) is 11.3 Å². The summed E-state index contributed by atoms with van der Waals surface area (Å²) in [6.07, 6.45) is 0.401. The lowest BCUT2D eigenvalue weighted by atomic mass is 9.76. The molecule has 1 N–H and O–H groups in total. The van der Waals surface area contributed by atoms with Crippen molar-refractivity contribution in [3.8, 4) is 5.75 Å². The van der Waals surface area contributed by atoms with Gasteiger partial charge in [-0.1, -0.05) is 13.8 Å². The zero-order valence-corrected chi connectivity index (χ0v) is 13.0. The van der Waals surface area contributed by atoms with Crippen LogP contribution >= 0.6 is 0 Å². The van der Waals surface area contributed by atoms with Crippen molar-refractivity contribution in [1.29, 1.82) is 0 Å². The van der Waals surface area contributed by atoms with Gasteiger partial charge in [0.2, 0.25) is 0 Å². The van der Waals surface area contributed by atoms with E-state index in [9.17, 15) is 23.5 Å². The lowest BCUT2D eigenvalue weighted by molar-refractivity contribution is -0.150. The molecule has 126 valence electrons. The highest BCUT2D eigenvalue weighted by Gasteiger charge is 2.48. The van der Waals surface area contributed by atoms with Gasteiger partial charge < -0.3 is 14.7 Å². The molecule has 0 aromatic heterocycles. The van der Waals surface area contributed by atoms with Crippen LogP contribution in [0.4, 0.5) is 8.78 Å². The molecule has 1 heterocycles. The highest BCUT2D eigenvalue weighted by Crippen LogP contribution is 2.38. The van der Waals surface area contributed by atoms with E-state index in [-0.39, 0.29) is 24.1 Å². The first kappa shape index (κ1) is 17.2. The van der Waals surface area contributed by atoms with Crippen LogP contribution in [0.25, 0.3) is 0 Å². The fourth-order valence-electron chi connectivity index (χ4n) is 2.86. The van der Waals surface area contributed by atoms with Gasteiger partial charge in [-0.3, -0.25) is 9.59 Å². The fourth-order valence-corrected chi connectivity index (χ4v) is 2.86. The first-order valence-electron chi connectivity index (χ1n) is 7.34. The van der Waals surface area contributed by atoms with E-state index in [4.69, 9.17) is 0 Å². The average Bonchev–Trinajstić information content (AvgIpc) is 2.93. The van der Waals surface area contributed by atoms with Gasteiger partial charge in [0.15, 0.2) is 0 Å². The third-order valence-electron chi connectivity index (χ3n) is 4.45. The monoisotopic (exact) mass is 327 g/mol. The van der Waals surface area contributed by atoms with E-state index in [1.54, 1.807) is 0 Å². The maximum Gasteiger partial charge on any atom is 0.387 e. The maximum atomic E-state index is 12.5. The molecule has 1 atom stereocenters. The average molecular weight is 327 g/mol. The van der Waals surface area contributed by atoms with E-state index in [1.165, 1.54) is 29.2 Å². The van der Waals surface area contributed by atoms with Crippen molar-refractivity contribution >= 4 is 11.9 Å². The molecule has 7 heteroatoms. The summed E-state index contributed by atoms with van der Waals surface area (Å²) in [4.78, 5) is 25.5. The quantitative estimate of drug-likeness (QED) is 0.903. The number of likely N-dealkylation sites (tertiary alicyclic amines) is 1. The number of hydrogen-bond donors (Lipinski definition) is 1. The minimum Gasteiger partial charge on any atom is -0.481 e. The summed E-state index contributed by atoms with van der Waals surface area (Å²) in [5, 5.41) is 9.50. The van der Waals surface area contributed by atoms with Gasteiger partial charge in [0, 0.05) is 18.7 Å². The molecule has 0 aliphatic carbocycles. The molecule has 1 amide bonds. The number of alkyl halides is 2. The van der Waals surface area contributed by atoms with E-state index < -0.39 is 18.0 Å². The van der Waals surface area contributed by atoms with E-state index in [0.29, 0.717) is 18.5 Å². The highest BCUT2D eigenvalue weighted by molar-refractivity contribution is 5.95. The number of carbonyl (C=O) groups excluding carboxylic acids is 1. The largest absolute Gasteiger partial charge is 0.481 e. The second kappa shape index (κ2) is 6.52. The first-order chi connectivity index (χ1) is 10.8. The molecule has 0 radical (unpaired) electrons. The van der Waals surface area contributed by atoms with Gasteiger partial charge in [-0.05, 0) is 36.6 Å². The Hall–Kier alpha value is -2.18. The second-order valence-corrected chi connectivity index (χ2v) is 6.00. The zero-order chi connectivity index (χ0) is 17.2. The minimum atomic E-state index is -2.92. The van der Waals surface area contributed by atoms with Crippen molar-refractivity contribution in [3.05, 3.63) is 29.8 Å². The molecule has 2 rings (SSSR count). The Bertz CT molecular complexity index is 588. The third-order valence-corrected chi connectivity index (χ3v) is 4.45. The minimum absolute atomic E-state index is 0.0277. The van der Waals surface area contributed by atoms with Crippen LogP contribution < -0.4 is 4.74 Å². The number of benzene rings is 1. The lowest BCUT2D eigenvalue weighted by Gasteiger charge is -2.28. The SMILES string of the molecule is CC(C)C1(C(=O)O)CCN(C(=O)c2ccc(OC(F)F)cc2)C1. The number of carbonyl (C=O) groups is 2. The van der Waals surface area contributed by atoms with Crippen LogP contribution in [0.5, 0.6) is 5.75 Å². The third kappa shape index (κ3) is 3.43. The molecule has 5 nitrogen and oxygen atoms in total. The second-order valence-electron chi connectivity index (χ2n) is 6.00. The molecule has 1 aromatic rings. The van der Waals surface area contributed by atoms with Crippen molar-refractivity contribution in [1.82, 2.24) is 4.90 Å². The van der Waals surface area contributed by atoms with Crippen molar-refractivity contribution < 1.29 is 28.2 Å². The number of rotatable bonds is 5. The van der Waals surface area contributed by atoms with Crippen molar-refractivity contribution in [3.63, 3.8) is 0 Å². The standard InChI is InChI=1S/C16H19F2NO4/c1-10(2)16(14(21)22)7-8-19(9-16)13(20)11-3-5-12(6-4-11)23-15(17)18/h3-6,10,15H,7-9H2,1-2H3,(H,21,22). The van der Waals surface area contributed by atoms with E-state index in [2.05, 4.69) is 4.74 Å².